The molecule has 1 amide bonds. The zero-order valence-electron chi connectivity index (χ0n) is 18.0. The Morgan fingerprint density at radius 1 is 0.968 bits per heavy atom. The standard InChI is InChI=1S/C24H28N2O4S/c1-26(2)24(13-7-3-4-8-14-24)16-25-23(28)17-11-12-19-21(15-17)31(29,30)20-10-6-5-9-18(20)22(19)27/h5-6,9-12,15H,3-4,7-8,13-14,16H2,1-2H3,(H,25,28). The van der Waals surface area contributed by atoms with Gasteiger partial charge in [0, 0.05) is 28.8 Å². The first-order valence-corrected chi connectivity index (χ1v) is 12.2. The van der Waals surface area contributed by atoms with Crippen molar-refractivity contribution in [3.8, 4) is 0 Å². The van der Waals surface area contributed by atoms with Gasteiger partial charge in [-0.15, -0.1) is 0 Å². The van der Waals surface area contributed by atoms with E-state index >= 15 is 0 Å². The molecule has 6 nitrogen and oxygen atoms in total. The molecule has 164 valence electrons. The van der Waals surface area contributed by atoms with Gasteiger partial charge in [-0.05, 0) is 57.3 Å². The number of nitrogens with zero attached hydrogens (tertiary/aromatic N) is 1. The monoisotopic (exact) mass is 440 g/mol. The number of hydrogen-bond acceptors (Lipinski definition) is 5. The van der Waals surface area contributed by atoms with Crippen LogP contribution >= 0.6 is 0 Å². The van der Waals surface area contributed by atoms with E-state index in [1.807, 2.05) is 14.1 Å². The Labute approximate surface area is 183 Å². The van der Waals surface area contributed by atoms with E-state index in [2.05, 4.69) is 10.2 Å². The molecular weight excluding hydrogens is 412 g/mol. The molecule has 7 heteroatoms. The van der Waals surface area contributed by atoms with Gasteiger partial charge in [-0.25, -0.2) is 8.42 Å². The predicted molar refractivity (Wildman–Crippen MR) is 118 cm³/mol. The highest BCUT2D eigenvalue weighted by Gasteiger charge is 2.36. The van der Waals surface area contributed by atoms with Crippen molar-refractivity contribution < 1.29 is 18.0 Å². The van der Waals surface area contributed by atoms with E-state index in [0.717, 1.165) is 25.7 Å². The van der Waals surface area contributed by atoms with Gasteiger partial charge in [0.15, 0.2) is 5.78 Å². The molecule has 1 aliphatic carbocycles. The summed E-state index contributed by atoms with van der Waals surface area (Å²) in [4.78, 5) is 27.8. The lowest BCUT2D eigenvalue weighted by molar-refractivity contribution is 0.0868. The number of sulfone groups is 1. The summed E-state index contributed by atoms with van der Waals surface area (Å²) in [5.74, 6) is -0.660. The molecule has 31 heavy (non-hydrogen) atoms. The first-order valence-electron chi connectivity index (χ1n) is 10.7. The van der Waals surface area contributed by atoms with Crippen LogP contribution in [0.2, 0.25) is 0 Å². The molecular formula is C24H28N2O4S. The number of ketones is 1. The molecule has 0 unspecified atom stereocenters. The van der Waals surface area contributed by atoms with E-state index < -0.39 is 9.84 Å². The van der Waals surface area contributed by atoms with Gasteiger partial charge < -0.3 is 10.2 Å². The summed E-state index contributed by atoms with van der Waals surface area (Å²) < 4.78 is 26.2. The number of nitrogens with one attached hydrogen (secondary N) is 1. The molecule has 1 fully saturated rings. The predicted octanol–water partition coefficient (Wildman–Crippen LogP) is 3.45. The highest BCUT2D eigenvalue weighted by atomic mass is 32.2. The lowest BCUT2D eigenvalue weighted by Gasteiger charge is -2.39. The number of amides is 1. The van der Waals surface area contributed by atoms with E-state index in [0.29, 0.717) is 6.54 Å². The number of carbonyl (C=O) groups excluding carboxylic acids is 2. The molecule has 0 aromatic heterocycles. The summed E-state index contributed by atoms with van der Waals surface area (Å²) in [6, 6.07) is 10.5. The van der Waals surface area contributed by atoms with E-state index in [1.165, 1.54) is 43.2 Å². The normalized spacial score (nSPS) is 19.3. The minimum atomic E-state index is -3.87. The molecule has 2 aromatic carbocycles. The van der Waals surface area contributed by atoms with Crippen LogP contribution in [0.15, 0.2) is 52.3 Å². The van der Waals surface area contributed by atoms with Crippen molar-refractivity contribution in [1.82, 2.24) is 10.2 Å². The summed E-state index contributed by atoms with van der Waals surface area (Å²) in [6.07, 6.45) is 6.72. The van der Waals surface area contributed by atoms with Crippen molar-refractivity contribution in [2.75, 3.05) is 20.6 Å². The Bertz CT molecular complexity index is 1130. The lowest BCUT2D eigenvalue weighted by Crippen LogP contribution is -2.52. The van der Waals surface area contributed by atoms with Crippen molar-refractivity contribution in [2.45, 2.75) is 53.9 Å². The summed E-state index contributed by atoms with van der Waals surface area (Å²) in [6.45, 7) is 0.504. The number of benzene rings is 2. The molecule has 0 spiro atoms. The third-order valence-electron chi connectivity index (χ3n) is 6.76. The lowest BCUT2D eigenvalue weighted by atomic mass is 9.88. The average Bonchev–Trinajstić information content (AvgIpc) is 3.02. The fourth-order valence-electron chi connectivity index (χ4n) is 4.74. The van der Waals surface area contributed by atoms with Crippen molar-refractivity contribution in [3.63, 3.8) is 0 Å². The summed E-state index contributed by atoms with van der Waals surface area (Å²) in [5, 5.41) is 3.02. The molecule has 0 bridgehead atoms. The SMILES string of the molecule is CN(C)C1(CNC(=O)c2ccc3c(c2)S(=O)(=O)c2ccccc2C3=O)CCCCCC1. The van der Waals surface area contributed by atoms with Gasteiger partial charge in [-0.1, -0.05) is 37.8 Å². The number of fused-ring (bicyclic) bond motifs is 2. The maximum absolute atomic E-state index is 13.1. The van der Waals surface area contributed by atoms with Gasteiger partial charge in [0.05, 0.1) is 9.79 Å². The van der Waals surface area contributed by atoms with Gasteiger partial charge in [0.1, 0.15) is 0 Å². The van der Waals surface area contributed by atoms with Crippen LogP contribution in [0.1, 0.15) is 64.8 Å². The Morgan fingerprint density at radius 3 is 2.29 bits per heavy atom. The number of carbonyl (C=O) groups is 2. The topological polar surface area (TPSA) is 83.6 Å². The average molecular weight is 441 g/mol. The number of likely N-dealkylation sites (N-methyl/N-ethyl adjacent to an activating group) is 1. The highest BCUT2D eigenvalue weighted by Crippen LogP contribution is 2.35. The fraction of sp³-hybridized carbons (Fsp3) is 0.417. The van der Waals surface area contributed by atoms with Crippen LogP contribution in [0, 0.1) is 0 Å². The number of rotatable bonds is 4. The maximum Gasteiger partial charge on any atom is 0.251 e. The van der Waals surface area contributed by atoms with Crippen LogP contribution in [-0.4, -0.2) is 51.2 Å². The molecule has 2 aliphatic rings. The third-order valence-corrected chi connectivity index (χ3v) is 8.61. The van der Waals surface area contributed by atoms with E-state index in [4.69, 9.17) is 0 Å². The van der Waals surface area contributed by atoms with Crippen molar-refractivity contribution in [1.29, 1.82) is 0 Å². The van der Waals surface area contributed by atoms with Crippen molar-refractivity contribution in [2.24, 2.45) is 0 Å². The zero-order valence-corrected chi connectivity index (χ0v) is 18.8. The molecule has 1 saturated carbocycles. The number of hydrogen-bond donors (Lipinski definition) is 1. The van der Waals surface area contributed by atoms with Crippen LogP contribution in [0.3, 0.4) is 0 Å². The quantitative estimate of drug-likeness (QED) is 0.629. The first kappa shape index (κ1) is 21.7. The first-order chi connectivity index (χ1) is 14.8. The second kappa shape index (κ2) is 8.20. The fourth-order valence-corrected chi connectivity index (χ4v) is 6.42. The van der Waals surface area contributed by atoms with Crippen LogP contribution in [0.4, 0.5) is 0 Å². The molecule has 1 N–H and O–H groups in total. The minimum Gasteiger partial charge on any atom is -0.350 e. The molecule has 0 radical (unpaired) electrons. The van der Waals surface area contributed by atoms with Gasteiger partial charge in [0.25, 0.3) is 5.91 Å². The Hall–Kier alpha value is -2.51. The van der Waals surface area contributed by atoms with Crippen LogP contribution < -0.4 is 5.32 Å². The van der Waals surface area contributed by atoms with Crippen LogP contribution in [0.5, 0.6) is 0 Å². The molecule has 1 aliphatic heterocycles. The van der Waals surface area contributed by atoms with E-state index in [1.54, 1.807) is 12.1 Å². The highest BCUT2D eigenvalue weighted by molar-refractivity contribution is 7.91. The Kier molecular flexibility index (Phi) is 5.75. The second-order valence-corrected chi connectivity index (χ2v) is 10.6. The molecule has 0 atom stereocenters. The van der Waals surface area contributed by atoms with Crippen LogP contribution in [-0.2, 0) is 9.84 Å². The summed E-state index contributed by atoms with van der Waals surface area (Å²) in [5.41, 5.74) is 0.441. The van der Waals surface area contributed by atoms with Crippen molar-refractivity contribution in [3.05, 3.63) is 59.2 Å². The Balaban J connectivity index is 1.61. The maximum atomic E-state index is 13.1. The smallest absolute Gasteiger partial charge is 0.251 e. The van der Waals surface area contributed by atoms with Crippen molar-refractivity contribution >= 4 is 21.5 Å². The summed E-state index contributed by atoms with van der Waals surface area (Å²) in [7, 11) is 0.230. The molecule has 0 saturated heterocycles. The second-order valence-electron chi connectivity index (χ2n) is 8.76. The van der Waals surface area contributed by atoms with E-state index in [-0.39, 0.29) is 43.7 Å². The molecule has 2 aromatic rings. The van der Waals surface area contributed by atoms with Gasteiger partial charge >= 0.3 is 0 Å². The molecule has 4 rings (SSSR count). The van der Waals surface area contributed by atoms with Crippen LogP contribution in [0.25, 0.3) is 0 Å². The Morgan fingerprint density at radius 2 is 1.61 bits per heavy atom. The van der Waals surface area contributed by atoms with Gasteiger partial charge in [-0.3, -0.25) is 9.59 Å². The van der Waals surface area contributed by atoms with Gasteiger partial charge in [-0.2, -0.15) is 0 Å². The third kappa shape index (κ3) is 3.81. The van der Waals surface area contributed by atoms with E-state index in [9.17, 15) is 18.0 Å². The zero-order chi connectivity index (χ0) is 22.2. The largest absolute Gasteiger partial charge is 0.350 e. The minimum absolute atomic E-state index is 0.00456. The summed E-state index contributed by atoms with van der Waals surface area (Å²) >= 11 is 0. The molecule has 1 heterocycles. The van der Waals surface area contributed by atoms with Gasteiger partial charge in [0.2, 0.25) is 9.84 Å².